The van der Waals surface area contributed by atoms with Gasteiger partial charge < -0.3 is 9.80 Å². The van der Waals surface area contributed by atoms with E-state index >= 15 is 0 Å². The van der Waals surface area contributed by atoms with Crippen LogP contribution in [0.4, 0.5) is 8.78 Å². The smallest absolute Gasteiger partial charge is 0.262 e. The Balaban J connectivity index is 0.00000176. The second-order valence-corrected chi connectivity index (χ2v) is 6.24. The molecule has 3 fully saturated rings. The van der Waals surface area contributed by atoms with E-state index in [0.29, 0.717) is 19.5 Å². The van der Waals surface area contributed by atoms with Crippen molar-refractivity contribution in [3.05, 3.63) is 0 Å². The van der Waals surface area contributed by atoms with E-state index in [4.69, 9.17) is 0 Å². The minimum atomic E-state index is -2.78. The molecule has 0 aromatic carbocycles. The Hall–Kier alpha value is -0.950. The van der Waals surface area contributed by atoms with Crippen molar-refractivity contribution < 1.29 is 18.4 Å². The van der Waals surface area contributed by atoms with Crippen LogP contribution in [0.5, 0.6) is 0 Å². The summed E-state index contributed by atoms with van der Waals surface area (Å²) in [5, 5.41) is 2.61. The molecule has 2 amide bonds. The maximum Gasteiger partial charge on any atom is 0.262 e. The first-order chi connectivity index (χ1) is 9.96. The van der Waals surface area contributed by atoms with Gasteiger partial charge in [-0.2, -0.15) is 0 Å². The number of carbonyl (C=O) groups is 2. The maximum atomic E-state index is 13.2. The van der Waals surface area contributed by atoms with Gasteiger partial charge in [-0.1, -0.05) is 0 Å². The number of carbonyl (C=O) groups excluding carboxylic acids is 2. The molecule has 0 saturated carbocycles. The number of rotatable bonds is 2. The third-order valence-electron chi connectivity index (χ3n) is 4.73. The molecule has 1 unspecified atom stereocenters. The van der Waals surface area contributed by atoms with Gasteiger partial charge in [0.25, 0.3) is 5.92 Å². The molecule has 3 aliphatic heterocycles. The zero-order valence-corrected chi connectivity index (χ0v) is 13.2. The fraction of sp³-hybridized carbons (Fsp3) is 0.857. The molecule has 0 radical (unpaired) electrons. The fourth-order valence-electron chi connectivity index (χ4n) is 3.56. The molecule has 0 aliphatic carbocycles. The first kappa shape index (κ1) is 17.4. The number of hydrogen-bond acceptors (Lipinski definition) is 3. The summed E-state index contributed by atoms with van der Waals surface area (Å²) in [5.41, 5.74) is 0. The van der Waals surface area contributed by atoms with Crippen LogP contribution in [0.2, 0.25) is 0 Å². The Morgan fingerprint density at radius 2 is 1.91 bits per heavy atom. The van der Waals surface area contributed by atoms with E-state index in [9.17, 15) is 18.4 Å². The van der Waals surface area contributed by atoms with Crippen LogP contribution in [0.15, 0.2) is 0 Å². The van der Waals surface area contributed by atoms with Crippen molar-refractivity contribution >= 4 is 24.2 Å². The Morgan fingerprint density at radius 3 is 2.41 bits per heavy atom. The van der Waals surface area contributed by atoms with Crippen molar-refractivity contribution in [1.82, 2.24) is 15.1 Å². The zero-order valence-electron chi connectivity index (χ0n) is 12.4. The van der Waals surface area contributed by atoms with E-state index in [2.05, 4.69) is 5.32 Å². The molecule has 22 heavy (non-hydrogen) atoms. The summed E-state index contributed by atoms with van der Waals surface area (Å²) >= 11 is 0. The molecule has 3 aliphatic rings. The van der Waals surface area contributed by atoms with Crippen LogP contribution in [0.3, 0.4) is 0 Å². The molecule has 0 aromatic rings. The third kappa shape index (κ3) is 3.51. The lowest BCUT2D eigenvalue weighted by Gasteiger charge is -2.37. The highest BCUT2D eigenvalue weighted by atomic mass is 35.5. The van der Waals surface area contributed by atoms with Crippen LogP contribution < -0.4 is 5.32 Å². The van der Waals surface area contributed by atoms with Crippen molar-refractivity contribution in [2.45, 2.75) is 50.1 Å². The van der Waals surface area contributed by atoms with Crippen molar-refractivity contribution in [2.24, 2.45) is 0 Å². The van der Waals surface area contributed by atoms with Gasteiger partial charge in [0, 0.05) is 38.5 Å². The largest absolute Gasteiger partial charge is 0.341 e. The molecule has 0 aromatic heterocycles. The Morgan fingerprint density at radius 1 is 1.23 bits per heavy atom. The number of halogens is 3. The highest BCUT2D eigenvalue weighted by Crippen LogP contribution is 2.27. The lowest BCUT2D eigenvalue weighted by molar-refractivity contribution is -0.136. The number of nitrogens with zero attached hydrogens (tertiary/aromatic N) is 2. The quantitative estimate of drug-likeness (QED) is 0.818. The normalized spacial score (nSPS) is 28.8. The molecule has 8 heteroatoms. The number of alkyl halides is 2. The van der Waals surface area contributed by atoms with Crippen LogP contribution in [0.1, 0.15) is 32.1 Å². The molecular weight excluding hydrogens is 316 g/mol. The first-order valence-corrected chi connectivity index (χ1v) is 7.66. The standard InChI is InChI=1S/C14H21F2N3O2.ClH/c15-14(16)8-11(17-9-14)13(21)18-6-3-10(4-7-18)19-5-1-2-12(19)20;/h10-11,17H,1-9H2;1H. The van der Waals surface area contributed by atoms with E-state index in [1.165, 1.54) is 0 Å². The SMILES string of the molecule is Cl.O=C(C1CC(F)(F)CN1)N1CCC(N2CCCC2=O)CC1. The molecule has 0 bridgehead atoms. The molecule has 0 spiro atoms. The molecule has 3 heterocycles. The minimum Gasteiger partial charge on any atom is -0.341 e. The van der Waals surface area contributed by atoms with E-state index in [0.717, 1.165) is 25.8 Å². The zero-order chi connectivity index (χ0) is 15.0. The van der Waals surface area contributed by atoms with Crippen LogP contribution in [0.25, 0.3) is 0 Å². The number of piperidine rings is 1. The van der Waals surface area contributed by atoms with Crippen molar-refractivity contribution in [1.29, 1.82) is 0 Å². The van der Waals surface area contributed by atoms with E-state index < -0.39 is 24.9 Å². The summed E-state index contributed by atoms with van der Waals surface area (Å²) in [6, 6.07) is -0.549. The van der Waals surface area contributed by atoms with Crippen molar-refractivity contribution in [3.63, 3.8) is 0 Å². The van der Waals surface area contributed by atoms with Gasteiger partial charge >= 0.3 is 0 Å². The van der Waals surface area contributed by atoms with E-state index in [1.54, 1.807) is 4.90 Å². The van der Waals surface area contributed by atoms with Crippen LogP contribution >= 0.6 is 12.4 Å². The highest BCUT2D eigenvalue weighted by Gasteiger charge is 2.44. The van der Waals surface area contributed by atoms with Gasteiger partial charge in [-0.3, -0.25) is 14.9 Å². The van der Waals surface area contributed by atoms with Crippen LogP contribution in [-0.4, -0.2) is 65.8 Å². The average Bonchev–Trinajstić information content (AvgIpc) is 3.04. The molecule has 3 rings (SSSR count). The number of amides is 2. The number of hydrogen-bond donors (Lipinski definition) is 1. The van der Waals surface area contributed by atoms with Gasteiger partial charge in [0.05, 0.1) is 12.6 Å². The van der Waals surface area contributed by atoms with Gasteiger partial charge in [-0.15, -0.1) is 12.4 Å². The molecule has 1 N–H and O–H groups in total. The van der Waals surface area contributed by atoms with E-state index in [-0.39, 0.29) is 30.3 Å². The highest BCUT2D eigenvalue weighted by molar-refractivity contribution is 5.85. The molecule has 126 valence electrons. The summed E-state index contributed by atoms with van der Waals surface area (Å²) in [7, 11) is 0. The molecule has 1 atom stereocenters. The summed E-state index contributed by atoms with van der Waals surface area (Å²) in [6.07, 6.45) is 2.64. The predicted molar refractivity (Wildman–Crippen MR) is 79.2 cm³/mol. The molecule has 3 saturated heterocycles. The number of nitrogens with one attached hydrogen (secondary N) is 1. The van der Waals surface area contributed by atoms with Crippen molar-refractivity contribution in [2.75, 3.05) is 26.2 Å². The summed E-state index contributed by atoms with van der Waals surface area (Å²) in [5.74, 6) is -2.80. The minimum absolute atomic E-state index is 0. The summed E-state index contributed by atoms with van der Waals surface area (Å²) in [4.78, 5) is 27.5. The second-order valence-electron chi connectivity index (χ2n) is 6.24. The topological polar surface area (TPSA) is 52.7 Å². The Kier molecular flexibility index (Phi) is 5.27. The predicted octanol–water partition coefficient (Wildman–Crippen LogP) is 1.02. The van der Waals surface area contributed by atoms with Gasteiger partial charge in [0.2, 0.25) is 11.8 Å². The van der Waals surface area contributed by atoms with Gasteiger partial charge in [-0.05, 0) is 19.3 Å². The third-order valence-corrected chi connectivity index (χ3v) is 4.73. The summed E-state index contributed by atoms with van der Waals surface area (Å²) < 4.78 is 26.3. The Labute approximate surface area is 134 Å². The first-order valence-electron chi connectivity index (χ1n) is 7.66. The molecular formula is C14H22ClF2N3O2. The fourth-order valence-corrected chi connectivity index (χ4v) is 3.56. The van der Waals surface area contributed by atoms with Gasteiger partial charge in [0.1, 0.15) is 0 Å². The van der Waals surface area contributed by atoms with E-state index in [1.807, 2.05) is 4.90 Å². The molecule has 5 nitrogen and oxygen atoms in total. The Bertz CT molecular complexity index is 442. The second kappa shape index (κ2) is 6.66. The van der Waals surface area contributed by atoms with Crippen LogP contribution in [-0.2, 0) is 9.59 Å². The lowest BCUT2D eigenvalue weighted by Crippen LogP contribution is -2.51. The monoisotopic (exact) mass is 337 g/mol. The van der Waals surface area contributed by atoms with Gasteiger partial charge in [-0.25, -0.2) is 8.78 Å². The van der Waals surface area contributed by atoms with Gasteiger partial charge in [0.15, 0.2) is 0 Å². The average molecular weight is 338 g/mol. The maximum absolute atomic E-state index is 13.2. The van der Waals surface area contributed by atoms with Crippen LogP contribution in [0, 0.1) is 0 Å². The van der Waals surface area contributed by atoms with Crippen molar-refractivity contribution in [3.8, 4) is 0 Å². The summed E-state index contributed by atoms with van der Waals surface area (Å²) in [6.45, 7) is 1.50. The number of likely N-dealkylation sites (tertiary alicyclic amines) is 2. The lowest BCUT2D eigenvalue weighted by atomic mass is 10.0.